The van der Waals surface area contributed by atoms with E-state index in [0.29, 0.717) is 18.8 Å². The van der Waals surface area contributed by atoms with Gasteiger partial charge in [0.15, 0.2) is 11.5 Å². The Morgan fingerprint density at radius 2 is 1.89 bits per heavy atom. The maximum Gasteiger partial charge on any atom is 0.240 e. The van der Waals surface area contributed by atoms with Crippen LogP contribution in [0.2, 0.25) is 0 Å². The molecule has 1 amide bonds. The highest BCUT2D eigenvalue weighted by atomic mass is 19.1. The van der Waals surface area contributed by atoms with Gasteiger partial charge >= 0.3 is 0 Å². The molecule has 6 heteroatoms. The van der Waals surface area contributed by atoms with Gasteiger partial charge in [-0.1, -0.05) is 24.6 Å². The van der Waals surface area contributed by atoms with Crippen LogP contribution in [-0.2, 0) is 17.9 Å². The fourth-order valence-corrected chi connectivity index (χ4v) is 3.93. The zero-order chi connectivity index (χ0) is 19.5. The first-order valence-electron chi connectivity index (χ1n) is 9.72. The van der Waals surface area contributed by atoms with Crippen LogP contribution in [0.25, 0.3) is 0 Å². The van der Waals surface area contributed by atoms with Gasteiger partial charge in [-0.3, -0.25) is 9.69 Å². The van der Waals surface area contributed by atoms with Crippen LogP contribution >= 0.6 is 0 Å². The lowest BCUT2D eigenvalue weighted by atomic mass is 10.0. The summed E-state index contributed by atoms with van der Waals surface area (Å²) in [6.07, 6.45) is 3.03. The molecule has 28 heavy (non-hydrogen) atoms. The van der Waals surface area contributed by atoms with Crippen LogP contribution in [0.15, 0.2) is 42.5 Å². The molecule has 0 bridgehead atoms. The van der Waals surface area contributed by atoms with E-state index in [-0.39, 0.29) is 24.6 Å². The van der Waals surface area contributed by atoms with E-state index in [2.05, 4.69) is 4.90 Å². The average Bonchev–Trinajstić information content (AvgIpc) is 3.15. The minimum atomic E-state index is -0.289. The second kappa shape index (κ2) is 8.19. The quantitative estimate of drug-likeness (QED) is 0.790. The summed E-state index contributed by atoms with van der Waals surface area (Å²) in [5, 5.41) is 0. The van der Waals surface area contributed by atoms with E-state index in [1.165, 1.54) is 12.1 Å². The molecule has 1 atom stereocenters. The number of hydrogen-bond acceptors (Lipinski definition) is 4. The third-order valence-electron chi connectivity index (χ3n) is 5.44. The molecule has 1 fully saturated rings. The van der Waals surface area contributed by atoms with E-state index in [0.717, 1.165) is 42.7 Å². The van der Waals surface area contributed by atoms with Crippen molar-refractivity contribution in [3.8, 4) is 11.5 Å². The van der Waals surface area contributed by atoms with Gasteiger partial charge in [-0.15, -0.1) is 0 Å². The summed E-state index contributed by atoms with van der Waals surface area (Å²) in [6, 6.07) is 12.1. The summed E-state index contributed by atoms with van der Waals surface area (Å²) >= 11 is 0. The lowest BCUT2D eigenvalue weighted by Gasteiger charge is -2.35. The molecule has 2 aromatic rings. The topological polar surface area (TPSA) is 42.0 Å². The van der Waals surface area contributed by atoms with Gasteiger partial charge in [0.2, 0.25) is 12.7 Å². The Labute approximate surface area is 164 Å². The minimum Gasteiger partial charge on any atom is -0.454 e. The average molecular weight is 384 g/mol. The number of piperidine rings is 1. The van der Waals surface area contributed by atoms with Crippen LogP contribution in [0.1, 0.15) is 30.4 Å². The highest BCUT2D eigenvalue weighted by Gasteiger charge is 2.30. The number of likely N-dealkylation sites (N-methyl/N-ethyl adjacent to an activating group) is 1. The number of nitrogens with zero attached hydrogens (tertiary/aromatic N) is 2. The standard InChI is InChI=1S/C22H25FN2O3/c1-24-10-3-2-7-19(24)22(26)25(13-16-5-4-6-18(23)11-16)14-17-8-9-20-21(12-17)28-15-27-20/h4-6,8-9,11-12,19H,2-3,7,10,13-15H2,1H3/t19-/m1/s1. The molecule has 0 radical (unpaired) electrons. The molecule has 0 saturated carbocycles. The van der Waals surface area contributed by atoms with Crippen molar-refractivity contribution in [2.75, 3.05) is 20.4 Å². The number of hydrogen-bond donors (Lipinski definition) is 0. The van der Waals surface area contributed by atoms with Crippen molar-refractivity contribution in [2.24, 2.45) is 0 Å². The van der Waals surface area contributed by atoms with E-state index in [1.807, 2.05) is 36.2 Å². The third-order valence-corrected chi connectivity index (χ3v) is 5.44. The van der Waals surface area contributed by atoms with Crippen molar-refractivity contribution < 1.29 is 18.7 Å². The van der Waals surface area contributed by atoms with Gasteiger partial charge in [-0.25, -0.2) is 4.39 Å². The molecular weight excluding hydrogens is 359 g/mol. The number of likely N-dealkylation sites (tertiary alicyclic amines) is 1. The van der Waals surface area contributed by atoms with Crippen LogP contribution in [0.4, 0.5) is 4.39 Å². The molecule has 0 aromatic heterocycles. The first-order valence-corrected chi connectivity index (χ1v) is 9.72. The smallest absolute Gasteiger partial charge is 0.240 e. The molecule has 2 heterocycles. The predicted molar refractivity (Wildman–Crippen MR) is 103 cm³/mol. The molecule has 2 aromatic carbocycles. The van der Waals surface area contributed by atoms with Crippen molar-refractivity contribution in [3.63, 3.8) is 0 Å². The molecule has 0 spiro atoms. The van der Waals surface area contributed by atoms with E-state index < -0.39 is 0 Å². The second-order valence-corrected chi connectivity index (χ2v) is 7.50. The number of amides is 1. The molecule has 4 rings (SSSR count). The summed E-state index contributed by atoms with van der Waals surface area (Å²) in [5.74, 6) is 1.22. The molecule has 2 aliphatic heterocycles. The van der Waals surface area contributed by atoms with E-state index in [9.17, 15) is 9.18 Å². The Morgan fingerprint density at radius 1 is 1.11 bits per heavy atom. The Morgan fingerprint density at radius 3 is 2.68 bits per heavy atom. The minimum absolute atomic E-state index is 0.0872. The van der Waals surface area contributed by atoms with Crippen LogP contribution in [0.3, 0.4) is 0 Å². The maximum absolute atomic E-state index is 13.7. The molecule has 0 unspecified atom stereocenters. The second-order valence-electron chi connectivity index (χ2n) is 7.50. The number of carbonyl (C=O) groups is 1. The number of carbonyl (C=O) groups excluding carboxylic acids is 1. The lowest BCUT2D eigenvalue weighted by Crippen LogP contribution is -2.48. The molecule has 5 nitrogen and oxygen atoms in total. The molecule has 1 saturated heterocycles. The van der Waals surface area contributed by atoms with Gasteiger partial charge in [0, 0.05) is 13.1 Å². The number of benzene rings is 2. The fourth-order valence-electron chi connectivity index (χ4n) is 3.93. The first-order chi connectivity index (χ1) is 13.6. The van der Waals surface area contributed by atoms with Gasteiger partial charge in [0.25, 0.3) is 0 Å². The van der Waals surface area contributed by atoms with Gasteiger partial charge in [-0.2, -0.15) is 0 Å². The summed E-state index contributed by atoms with van der Waals surface area (Å²) in [5.41, 5.74) is 1.75. The third kappa shape index (κ3) is 4.12. The van der Waals surface area contributed by atoms with Crippen molar-refractivity contribution in [2.45, 2.75) is 38.4 Å². The van der Waals surface area contributed by atoms with Crippen LogP contribution < -0.4 is 9.47 Å². The number of fused-ring (bicyclic) bond motifs is 1. The van der Waals surface area contributed by atoms with E-state index >= 15 is 0 Å². The zero-order valence-corrected chi connectivity index (χ0v) is 16.1. The van der Waals surface area contributed by atoms with E-state index in [4.69, 9.17) is 9.47 Å². The monoisotopic (exact) mass is 384 g/mol. The van der Waals surface area contributed by atoms with Crippen molar-refractivity contribution in [1.82, 2.24) is 9.80 Å². The molecule has 0 aliphatic carbocycles. The van der Waals surface area contributed by atoms with Crippen molar-refractivity contribution >= 4 is 5.91 Å². The Bertz CT molecular complexity index is 857. The Hall–Kier alpha value is -2.60. The summed E-state index contributed by atoms with van der Waals surface area (Å²) in [4.78, 5) is 17.3. The molecular formula is C22H25FN2O3. The summed E-state index contributed by atoms with van der Waals surface area (Å²) < 4.78 is 24.5. The highest BCUT2D eigenvalue weighted by Crippen LogP contribution is 2.33. The van der Waals surface area contributed by atoms with Crippen molar-refractivity contribution in [3.05, 3.63) is 59.4 Å². The fraction of sp³-hybridized carbons (Fsp3) is 0.409. The Kier molecular flexibility index (Phi) is 5.48. The Balaban J connectivity index is 1.57. The van der Waals surface area contributed by atoms with Gasteiger partial charge in [0.05, 0.1) is 6.04 Å². The van der Waals surface area contributed by atoms with Crippen LogP contribution in [-0.4, -0.2) is 42.1 Å². The van der Waals surface area contributed by atoms with Crippen molar-refractivity contribution in [1.29, 1.82) is 0 Å². The lowest BCUT2D eigenvalue weighted by molar-refractivity contribution is -0.139. The van der Waals surface area contributed by atoms with E-state index in [1.54, 1.807) is 6.07 Å². The van der Waals surface area contributed by atoms with Crippen LogP contribution in [0.5, 0.6) is 11.5 Å². The summed E-state index contributed by atoms with van der Waals surface area (Å²) in [6.45, 7) is 1.96. The maximum atomic E-state index is 13.7. The molecule has 2 aliphatic rings. The molecule has 0 N–H and O–H groups in total. The summed E-state index contributed by atoms with van der Waals surface area (Å²) in [7, 11) is 2.00. The van der Waals surface area contributed by atoms with Gasteiger partial charge < -0.3 is 14.4 Å². The zero-order valence-electron chi connectivity index (χ0n) is 16.1. The number of ether oxygens (including phenoxy) is 2. The highest BCUT2D eigenvalue weighted by molar-refractivity contribution is 5.82. The number of halogens is 1. The van der Waals surface area contributed by atoms with Crippen LogP contribution in [0, 0.1) is 5.82 Å². The normalized spacial score (nSPS) is 18.9. The van der Waals surface area contributed by atoms with Gasteiger partial charge in [0.1, 0.15) is 5.82 Å². The largest absolute Gasteiger partial charge is 0.454 e. The predicted octanol–water partition coefficient (Wildman–Crippen LogP) is 3.57. The van der Waals surface area contributed by atoms with Gasteiger partial charge in [-0.05, 0) is 61.8 Å². The SMILES string of the molecule is CN1CCCC[C@@H]1C(=O)N(Cc1cccc(F)c1)Cc1ccc2c(c1)OCO2. The molecule has 148 valence electrons. The number of rotatable bonds is 5. The first kappa shape index (κ1) is 18.7.